The van der Waals surface area contributed by atoms with E-state index in [1.165, 1.54) is 10.8 Å². The number of likely N-dealkylation sites (tertiary alicyclic amines) is 1. The van der Waals surface area contributed by atoms with Crippen LogP contribution in [0.2, 0.25) is 0 Å². The van der Waals surface area contributed by atoms with Crippen molar-refractivity contribution in [3.63, 3.8) is 0 Å². The van der Waals surface area contributed by atoms with Gasteiger partial charge in [0.2, 0.25) is 11.9 Å². The molecule has 1 atom stereocenters. The van der Waals surface area contributed by atoms with Gasteiger partial charge in [0.05, 0.1) is 12.3 Å². The Morgan fingerprint density at radius 2 is 1.94 bits per heavy atom. The zero-order valence-electron chi connectivity index (χ0n) is 18.4. The number of aromatic nitrogens is 4. The van der Waals surface area contributed by atoms with Crippen LogP contribution in [0, 0.1) is 17.5 Å². The summed E-state index contributed by atoms with van der Waals surface area (Å²) in [7, 11) is 1.62. The summed E-state index contributed by atoms with van der Waals surface area (Å²) in [6, 6.07) is 1.10. The summed E-state index contributed by atoms with van der Waals surface area (Å²) in [6.07, 6.45) is 2.58. The van der Waals surface area contributed by atoms with Crippen molar-refractivity contribution in [1.82, 2.24) is 24.4 Å². The number of anilines is 3. The molecule has 1 aliphatic rings. The third-order valence-electron chi connectivity index (χ3n) is 5.20. The van der Waals surface area contributed by atoms with Crippen LogP contribution in [0.5, 0.6) is 0 Å². The van der Waals surface area contributed by atoms with Crippen LogP contribution in [-0.2, 0) is 11.8 Å². The van der Waals surface area contributed by atoms with Gasteiger partial charge in [0.1, 0.15) is 17.0 Å². The zero-order chi connectivity index (χ0) is 23.7. The second-order valence-corrected chi connectivity index (χ2v) is 8.13. The number of hydrogen-bond acceptors (Lipinski definition) is 7. The summed E-state index contributed by atoms with van der Waals surface area (Å²) >= 11 is 0. The van der Waals surface area contributed by atoms with Gasteiger partial charge < -0.3 is 20.3 Å². The van der Waals surface area contributed by atoms with E-state index in [4.69, 9.17) is 4.74 Å². The average Bonchev–Trinajstić information content (AvgIpc) is 3.05. The summed E-state index contributed by atoms with van der Waals surface area (Å²) in [5, 5.41) is 5.78. The maximum Gasteiger partial charge on any atom is 0.410 e. The van der Waals surface area contributed by atoms with Crippen molar-refractivity contribution in [3.8, 4) is 0 Å². The quantitative estimate of drug-likeness (QED) is 0.591. The Labute approximate surface area is 188 Å². The van der Waals surface area contributed by atoms with Crippen LogP contribution in [0.4, 0.5) is 35.5 Å². The minimum Gasteiger partial charge on any atom is -0.447 e. The van der Waals surface area contributed by atoms with Gasteiger partial charge in [0.15, 0.2) is 17.3 Å². The van der Waals surface area contributed by atoms with Gasteiger partial charge in [0.25, 0.3) is 0 Å². The molecule has 0 aliphatic carbocycles. The van der Waals surface area contributed by atoms with Crippen molar-refractivity contribution in [2.24, 2.45) is 7.05 Å². The standard InChI is InChI=1S/C21H24F3N7O2/c1-11(2)33-21(32)31-6-4-5-13(10-31)26-19-25-9-16-18(29-19)30(3)20(27-16)28-17-14(23)7-12(22)8-15(17)24/h7-9,11,13H,4-6,10H2,1-3H3,(H,27,28)(H,25,26,29)/t13-/m1/s1. The highest BCUT2D eigenvalue weighted by Crippen LogP contribution is 2.26. The number of nitrogens with one attached hydrogen (secondary N) is 2. The molecule has 1 aliphatic heterocycles. The van der Waals surface area contributed by atoms with Gasteiger partial charge in [-0.15, -0.1) is 0 Å². The van der Waals surface area contributed by atoms with E-state index in [1.807, 2.05) is 0 Å². The highest BCUT2D eigenvalue weighted by Gasteiger charge is 2.26. The molecule has 0 saturated carbocycles. The largest absolute Gasteiger partial charge is 0.447 e. The molecular formula is C21H24F3N7O2. The van der Waals surface area contributed by atoms with Crippen molar-refractivity contribution in [2.45, 2.75) is 38.8 Å². The molecule has 12 heteroatoms. The molecular weight excluding hydrogens is 439 g/mol. The van der Waals surface area contributed by atoms with E-state index in [-0.39, 0.29) is 24.2 Å². The number of imidazole rings is 1. The fourth-order valence-corrected chi connectivity index (χ4v) is 3.66. The monoisotopic (exact) mass is 463 g/mol. The topological polar surface area (TPSA) is 97.2 Å². The molecule has 3 aromatic rings. The van der Waals surface area contributed by atoms with Crippen LogP contribution in [0.25, 0.3) is 11.2 Å². The molecule has 33 heavy (non-hydrogen) atoms. The summed E-state index contributed by atoms with van der Waals surface area (Å²) in [6.45, 7) is 4.68. The smallest absolute Gasteiger partial charge is 0.410 e. The number of carbonyl (C=O) groups excluding carboxylic acids is 1. The number of carbonyl (C=O) groups is 1. The van der Waals surface area contributed by atoms with Crippen LogP contribution >= 0.6 is 0 Å². The molecule has 0 unspecified atom stereocenters. The third kappa shape index (κ3) is 4.94. The first kappa shape index (κ1) is 22.6. The average molecular weight is 463 g/mol. The maximum absolute atomic E-state index is 14.0. The van der Waals surface area contributed by atoms with Crippen molar-refractivity contribution in [1.29, 1.82) is 0 Å². The van der Waals surface area contributed by atoms with Crippen molar-refractivity contribution in [3.05, 3.63) is 35.8 Å². The van der Waals surface area contributed by atoms with Gasteiger partial charge in [-0.3, -0.25) is 4.57 Å². The number of amides is 1. The SMILES string of the molecule is CC(C)OC(=O)N1CCC[C@@H](Nc2ncc3nc(Nc4c(F)cc(F)cc4F)n(C)c3n2)C1. The molecule has 3 heterocycles. The predicted molar refractivity (Wildman–Crippen MR) is 116 cm³/mol. The zero-order valence-corrected chi connectivity index (χ0v) is 18.4. The fraction of sp³-hybridized carbons (Fsp3) is 0.429. The van der Waals surface area contributed by atoms with E-state index < -0.39 is 23.1 Å². The first-order chi connectivity index (χ1) is 15.7. The number of hydrogen-bond donors (Lipinski definition) is 2. The Kier molecular flexibility index (Phi) is 6.25. The summed E-state index contributed by atoms with van der Waals surface area (Å²) in [4.78, 5) is 26.8. The second-order valence-electron chi connectivity index (χ2n) is 8.13. The molecule has 2 N–H and O–H groups in total. The molecule has 1 saturated heterocycles. The molecule has 2 aromatic heterocycles. The van der Waals surface area contributed by atoms with E-state index in [0.717, 1.165) is 12.8 Å². The molecule has 176 valence electrons. The van der Waals surface area contributed by atoms with E-state index >= 15 is 0 Å². The molecule has 0 radical (unpaired) electrons. The molecule has 1 amide bonds. The Morgan fingerprint density at radius 3 is 2.64 bits per heavy atom. The second kappa shape index (κ2) is 9.12. The molecule has 9 nitrogen and oxygen atoms in total. The molecule has 1 aromatic carbocycles. The van der Waals surface area contributed by atoms with Gasteiger partial charge >= 0.3 is 6.09 Å². The highest BCUT2D eigenvalue weighted by molar-refractivity contribution is 5.76. The van der Waals surface area contributed by atoms with Crippen molar-refractivity contribution >= 4 is 34.8 Å². The number of fused-ring (bicyclic) bond motifs is 1. The number of halogens is 3. The van der Waals surface area contributed by atoms with Crippen molar-refractivity contribution in [2.75, 3.05) is 23.7 Å². The number of nitrogens with zero attached hydrogens (tertiary/aromatic N) is 5. The lowest BCUT2D eigenvalue weighted by molar-refractivity contribution is 0.0695. The number of aryl methyl sites for hydroxylation is 1. The Hall–Kier alpha value is -3.57. The minimum atomic E-state index is -1.08. The van der Waals surface area contributed by atoms with Crippen LogP contribution < -0.4 is 10.6 Å². The lowest BCUT2D eigenvalue weighted by atomic mass is 10.1. The number of benzene rings is 1. The van der Waals surface area contributed by atoms with Gasteiger partial charge in [-0.2, -0.15) is 4.98 Å². The van der Waals surface area contributed by atoms with E-state index in [9.17, 15) is 18.0 Å². The fourth-order valence-electron chi connectivity index (χ4n) is 3.66. The predicted octanol–water partition coefficient (Wildman–Crippen LogP) is 3.95. The summed E-state index contributed by atoms with van der Waals surface area (Å²) < 4.78 is 48.0. The maximum atomic E-state index is 14.0. The molecule has 4 rings (SSSR count). The normalized spacial score (nSPS) is 16.3. The molecule has 1 fully saturated rings. The number of rotatable bonds is 5. The van der Waals surface area contributed by atoms with Gasteiger partial charge in [-0.1, -0.05) is 0 Å². The summed E-state index contributed by atoms with van der Waals surface area (Å²) in [5.41, 5.74) is 0.306. The number of ether oxygens (including phenoxy) is 1. The summed E-state index contributed by atoms with van der Waals surface area (Å²) in [5.74, 6) is -2.72. The van der Waals surface area contributed by atoms with Crippen molar-refractivity contribution < 1.29 is 22.7 Å². The van der Waals surface area contributed by atoms with Crippen LogP contribution in [0.1, 0.15) is 26.7 Å². The van der Waals surface area contributed by atoms with Crippen LogP contribution in [-0.4, -0.2) is 55.7 Å². The van der Waals surface area contributed by atoms with Gasteiger partial charge in [-0.25, -0.2) is 27.9 Å². The van der Waals surface area contributed by atoms with E-state index in [2.05, 4.69) is 25.6 Å². The van der Waals surface area contributed by atoms with Gasteiger partial charge in [0, 0.05) is 38.3 Å². The van der Waals surface area contributed by atoms with Crippen LogP contribution in [0.15, 0.2) is 18.3 Å². The van der Waals surface area contributed by atoms with Gasteiger partial charge in [-0.05, 0) is 26.7 Å². The van der Waals surface area contributed by atoms with E-state index in [0.29, 0.717) is 42.3 Å². The van der Waals surface area contributed by atoms with E-state index in [1.54, 1.807) is 25.8 Å². The Balaban J connectivity index is 1.51. The first-order valence-corrected chi connectivity index (χ1v) is 10.5. The first-order valence-electron chi connectivity index (χ1n) is 10.5. The highest BCUT2D eigenvalue weighted by atomic mass is 19.1. The Morgan fingerprint density at radius 1 is 1.21 bits per heavy atom. The number of piperidine rings is 1. The molecule has 0 bridgehead atoms. The lowest BCUT2D eigenvalue weighted by Gasteiger charge is -2.32. The lowest BCUT2D eigenvalue weighted by Crippen LogP contribution is -2.46. The van der Waals surface area contributed by atoms with Crippen LogP contribution in [0.3, 0.4) is 0 Å². The Bertz CT molecular complexity index is 1160. The molecule has 0 spiro atoms. The third-order valence-corrected chi connectivity index (χ3v) is 5.20. The minimum absolute atomic E-state index is 0.0656.